The van der Waals surface area contributed by atoms with Crippen molar-refractivity contribution in [2.24, 2.45) is 0 Å². The van der Waals surface area contributed by atoms with Gasteiger partial charge < -0.3 is 9.84 Å². The zero-order valence-corrected chi connectivity index (χ0v) is 8.17. The van der Waals surface area contributed by atoms with Crippen LogP contribution >= 0.6 is 11.5 Å². The molecule has 0 saturated carbocycles. The predicted octanol–water partition coefficient (Wildman–Crippen LogP) is 1.16. The summed E-state index contributed by atoms with van der Waals surface area (Å²) in [4.78, 5) is 11.1. The monoisotopic (exact) mass is 202 g/mol. The van der Waals surface area contributed by atoms with Crippen molar-refractivity contribution < 1.29 is 14.6 Å². The van der Waals surface area contributed by atoms with E-state index in [1.807, 2.05) is 13.8 Å². The van der Waals surface area contributed by atoms with Gasteiger partial charge in [0.05, 0.1) is 17.6 Å². The van der Waals surface area contributed by atoms with Crippen molar-refractivity contribution >= 4 is 17.5 Å². The number of rotatable bonds is 4. The largest absolute Gasteiger partial charge is 0.476 e. The second-order valence-electron chi connectivity index (χ2n) is 2.71. The molecule has 1 aromatic heterocycles. The molecule has 1 rings (SSSR count). The Morgan fingerprint density at radius 3 is 2.92 bits per heavy atom. The summed E-state index contributed by atoms with van der Waals surface area (Å²) in [5, 5.41) is 12.2. The summed E-state index contributed by atoms with van der Waals surface area (Å²) in [6.07, 6.45) is 0.0729. The molecule has 1 N–H and O–H groups in total. The fourth-order valence-corrected chi connectivity index (χ4v) is 1.27. The standard InChI is InChI=1S/C7H10N2O3S/c1-4(2)12-3-5-6(7(10)11)8-9-13-5/h4H,3H2,1-2H3,(H,10,11). The number of aromatic carboxylic acids is 1. The Labute approximate surface area is 79.5 Å². The van der Waals surface area contributed by atoms with Crippen LogP contribution in [0, 0.1) is 0 Å². The van der Waals surface area contributed by atoms with Crippen LogP contribution < -0.4 is 0 Å². The third-order valence-electron chi connectivity index (χ3n) is 1.31. The van der Waals surface area contributed by atoms with E-state index >= 15 is 0 Å². The molecule has 0 amide bonds. The van der Waals surface area contributed by atoms with Crippen LogP contribution in [0.25, 0.3) is 0 Å². The molecule has 1 aromatic rings. The second kappa shape index (κ2) is 4.29. The normalized spacial score (nSPS) is 10.7. The fourth-order valence-electron chi connectivity index (χ4n) is 0.709. The van der Waals surface area contributed by atoms with Gasteiger partial charge in [-0.15, -0.1) is 5.10 Å². The first-order chi connectivity index (χ1) is 6.11. The van der Waals surface area contributed by atoms with Gasteiger partial charge >= 0.3 is 5.97 Å². The first-order valence-corrected chi connectivity index (χ1v) is 4.54. The average molecular weight is 202 g/mol. The summed E-state index contributed by atoms with van der Waals surface area (Å²) >= 11 is 1.05. The molecule has 0 aliphatic heterocycles. The Morgan fingerprint density at radius 1 is 1.69 bits per heavy atom. The van der Waals surface area contributed by atoms with Gasteiger partial charge in [-0.1, -0.05) is 4.49 Å². The van der Waals surface area contributed by atoms with Gasteiger partial charge in [-0.05, 0) is 25.4 Å². The first kappa shape index (κ1) is 10.1. The van der Waals surface area contributed by atoms with Gasteiger partial charge in [-0.2, -0.15) is 0 Å². The molecule has 0 atom stereocenters. The van der Waals surface area contributed by atoms with E-state index < -0.39 is 5.97 Å². The molecule has 6 heteroatoms. The maximum Gasteiger partial charge on any atom is 0.357 e. The lowest BCUT2D eigenvalue weighted by atomic mass is 10.4. The van der Waals surface area contributed by atoms with Gasteiger partial charge in [0.25, 0.3) is 0 Å². The van der Waals surface area contributed by atoms with Crippen LogP contribution in [0.3, 0.4) is 0 Å². The second-order valence-corrected chi connectivity index (χ2v) is 3.55. The summed E-state index contributed by atoms with van der Waals surface area (Å²) in [7, 11) is 0. The highest BCUT2D eigenvalue weighted by molar-refractivity contribution is 7.05. The molecule has 72 valence electrons. The average Bonchev–Trinajstić information content (AvgIpc) is 2.47. The molecule has 0 fully saturated rings. The maximum atomic E-state index is 10.6. The van der Waals surface area contributed by atoms with E-state index in [1.54, 1.807) is 0 Å². The van der Waals surface area contributed by atoms with Gasteiger partial charge in [-0.25, -0.2) is 4.79 Å². The smallest absolute Gasteiger partial charge is 0.357 e. The first-order valence-electron chi connectivity index (χ1n) is 3.77. The molecule has 0 aromatic carbocycles. The van der Waals surface area contributed by atoms with Crippen LogP contribution in [0.1, 0.15) is 29.2 Å². The Bertz CT molecular complexity index is 298. The molecule has 0 aliphatic rings. The highest BCUT2D eigenvalue weighted by Gasteiger charge is 2.15. The van der Waals surface area contributed by atoms with Gasteiger partial charge in [-0.3, -0.25) is 0 Å². The number of carbonyl (C=O) groups is 1. The SMILES string of the molecule is CC(C)OCc1snnc1C(=O)O. The summed E-state index contributed by atoms with van der Waals surface area (Å²) in [6.45, 7) is 4.03. The number of carboxylic acids is 1. The van der Waals surface area contributed by atoms with Crippen molar-refractivity contribution in [1.29, 1.82) is 0 Å². The van der Waals surface area contributed by atoms with Crippen LogP contribution in [-0.4, -0.2) is 26.8 Å². The minimum Gasteiger partial charge on any atom is -0.476 e. The van der Waals surface area contributed by atoms with Crippen LogP contribution in [-0.2, 0) is 11.3 Å². The quantitative estimate of drug-likeness (QED) is 0.793. The number of aromatic nitrogens is 2. The van der Waals surface area contributed by atoms with Crippen molar-refractivity contribution in [2.75, 3.05) is 0 Å². The molecule has 0 spiro atoms. The molecule has 13 heavy (non-hydrogen) atoms. The van der Waals surface area contributed by atoms with Crippen LogP contribution in [0.2, 0.25) is 0 Å². The molecule has 0 saturated heterocycles. The topological polar surface area (TPSA) is 72.3 Å². The zero-order valence-electron chi connectivity index (χ0n) is 7.35. The van der Waals surface area contributed by atoms with E-state index in [9.17, 15) is 4.79 Å². The van der Waals surface area contributed by atoms with Crippen molar-refractivity contribution in [3.63, 3.8) is 0 Å². The molecule has 0 unspecified atom stereocenters. The minimum absolute atomic E-state index is 0.00866. The van der Waals surface area contributed by atoms with Gasteiger partial charge in [0.2, 0.25) is 0 Å². The number of nitrogens with zero attached hydrogens (tertiary/aromatic N) is 2. The number of hydrogen-bond acceptors (Lipinski definition) is 5. The Kier molecular flexibility index (Phi) is 3.32. The van der Waals surface area contributed by atoms with E-state index in [0.29, 0.717) is 4.88 Å². The number of ether oxygens (including phenoxy) is 1. The minimum atomic E-state index is -1.06. The molecule has 0 bridgehead atoms. The van der Waals surface area contributed by atoms with E-state index in [-0.39, 0.29) is 18.4 Å². The van der Waals surface area contributed by atoms with Crippen LogP contribution in [0.15, 0.2) is 0 Å². The summed E-state index contributed by atoms with van der Waals surface area (Å²) < 4.78 is 8.80. The number of carboxylic acid groups (broad SMARTS) is 1. The third kappa shape index (κ3) is 2.74. The lowest BCUT2D eigenvalue weighted by Gasteiger charge is -2.04. The van der Waals surface area contributed by atoms with Crippen LogP contribution in [0.5, 0.6) is 0 Å². The van der Waals surface area contributed by atoms with E-state index in [4.69, 9.17) is 9.84 Å². The molecular formula is C7H10N2O3S. The highest BCUT2D eigenvalue weighted by atomic mass is 32.1. The molecule has 1 heterocycles. The maximum absolute atomic E-state index is 10.6. The fraction of sp³-hybridized carbons (Fsp3) is 0.571. The molecular weight excluding hydrogens is 192 g/mol. The lowest BCUT2D eigenvalue weighted by Crippen LogP contribution is -2.06. The van der Waals surface area contributed by atoms with Gasteiger partial charge in [0.1, 0.15) is 0 Å². The third-order valence-corrected chi connectivity index (χ3v) is 2.00. The molecule has 0 radical (unpaired) electrons. The zero-order chi connectivity index (χ0) is 9.84. The highest BCUT2D eigenvalue weighted by Crippen LogP contribution is 2.12. The summed E-state index contributed by atoms with van der Waals surface area (Å²) in [6, 6.07) is 0. The predicted molar refractivity (Wildman–Crippen MR) is 46.8 cm³/mol. The Hall–Kier alpha value is -1.01. The van der Waals surface area contributed by atoms with Crippen molar-refractivity contribution in [3.05, 3.63) is 10.6 Å². The molecule has 0 aliphatic carbocycles. The van der Waals surface area contributed by atoms with E-state index in [2.05, 4.69) is 9.59 Å². The lowest BCUT2D eigenvalue weighted by molar-refractivity contribution is 0.0614. The van der Waals surface area contributed by atoms with Crippen molar-refractivity contribution in [1.82, 2.24) is 9.59 Å². The summed E-state index contributed by atoms with van der Waals surface area (Å²) in [5.41, 5.74) is -0.00866. The van der Waals surface area contributed by atoms with Gasteiger partial charge in [0.15, 0.2) is 5.69 Å². The van der Waals surface area contributed by atoms with E-state index in [0.717, 1.165) is 11.5 Å². The van der Waals surface area contributed by atoms with Crippen molar-refractivity contribution in [3.8, 4) is 0 Å². The summed E-state index contributed by atoms with van der Waals surface area (Å²) in [5.74, 6) is -1.06. The van der Waals surface area contributed by atoms with Crippen molar-refractivity contribution in [2.45, 2.75) is 26.6 Å². The Morgan fingerprint density at radius 2 is 2.38 bits per heavy atom. The Balaban J connectivity index is 2.65. The molecule has 5 nitrogen and oxygen atoms in total. The number of hydrogen-bond donors (Lipinski definition) is 1. The van der Waals surface area contributed by atoms with Gasteiger partial charge in [0, 0.05) is 0 Å². The van der Waals surface area contributed by atoms with Crippen LogP contribution in [0.4, 0.5) is 0 Å². The van der Waals surface area contributed by atoms with E-state index in [1.165, 1.54) is 0 Å².